The molecule has 1 aromatic rings. The second-order valence-corrected chi connectivity index (χ2v) is 5.31. The fourth-order valence-corrected chi connectivity index (χ4v) is 2.83. The summed E-state index contributed by atoms with van der Waals surface area (Å²) in [6, 6.07) is 5.07. The van der Waals surface area contributed by atoms with Crippen LogP contribution in [0.5, 0.6) is 0 Å². The van der Waals surface area contributed by atoms with E-state index in [1.807, 2.05) is 0 Å². The molecular weight excluding hydrogens is 222 g/mol. The molecule has 1 fully saturated rings. The third kappa shape index (κ3) is 3.59. The molecule has 0 saturated carbocycles. The molecule has 1 saturated heterocycles. The molecule has 0 amide bonds. The van der Waals surface area contributed by atoms with Crippen molar-refractivity contribution in [3.8, 4) is 0 Å². The molecule has 0 aliphatic carbocycles. The lowest BCUT2D eigenvalue weighted by Crippen LogP contribution is -2.45. The summed E-state index contributed by atoms with van der Waals surface area (Å²) in [5.41, 5.74) is 1.42. The van der Waals surface area contributed by atoms with Gasteiger partial charge in [-0.1, -0.05) is 13.8 Å². The Morgan fingerprint density at radius 1 is 1.39 bits per heavy atom. The van der Waals surface area contributed by atoms with E-state index in [1.54, 1.807) is 0 Å². The molecule has 0 aromatic carbocycles. The van der Waals surface area contributed by atoms with Gasteiger partial charge in [-0.05, 0) is 44.5 Å². The Balaban J connectivity index is 1.81. The van der Waals surface area contributed by atoms with Gasteiger partial charge in [-0.25, -0.2) is 0 Å². The number of hydrogen-bond acceptors (Lipinski definition) is 2. The smallest absolute Gasteiger partial charge is 0.0362 e. The van der Waals surface area contributed by atoms with E-state index in [2.05, 4.69) is 47.0 Å². The largest absolute Gasteiger partial charge is 0.350 e. The molecule has 2 heterocycles. The monoisotopic (exact) mass is 249 g/mol. The predicted octanol–water partition coefficient (Wildman–Crippen LogP) is 2.47. The van der Waals surface area contributed by atoms with Crippen molar-refractivity contribution >= 4 is 0 Å². The van der Waals surface area contributed by atoms with Crippen LogP contribution in [-0.2, 0) is 13.1 Å². The third-order valence-electron chi connectivity index (χ3n) is 3.91. The summed E-state index contributed by atoms with van der Waals surface area (Å²) in [5.74, 6) is 0. The Bertz CT molecular complexity index is 345. The van der Waals surface area contributed by atoms with Crippen molar-refractivity contribution in [1.82, 2.24) is 14.8 Å². The first kappa shape index (κ1) is 13.6. The molecule has 1 atom stereocenters. The fraction of sp³-hybridized carbons (Fsp3) is 0.733. The molecule has 1 aliphatic rings. The molecular formula is C15H27N3. The molecule has 18 heavy (non-hydrogen) atoms. The zero-order valence-electron chi connectivity index (χ0n) is 11.9. The Morgan fingerprint density at radius 3 is 3.06 bits per heavy atom. The van der Waals surface area contributed by atoms with E-state index < -0.39 is 0 Å². The normalized spacial score (nSPS) is 21.3. The topological polar surface area (TPSA) is 20.2 Å². The second-order valence-electron chi connectivity index (χ2n) is 5.31. The summed E-state index contributed by atoms with van der Waals surface area (Å²) >= 11 is 0. The average molecular weight is 249 g/mol. The standard InChI is InChI=1S/C15H27N3/c1-3-9-18-11-6-8-15(18)12-16-14-7-5-10-17(4-2)13-14/h6,8,11,14,16H,3-5,7,9-10,12-13H2,1-2H3. The van der Waals surface area contributed by atoms with Crippen molar-refractivity contribution in [1.29, 1.82) is 0 Å². The van der Waals surface area contributed by atoms with Gasteiger partial charge in [-0.2, -0.15) is 0 Å². The maximum Gasteiger partial charge on any atom is 0.0362 e. The lowest BCUT2D eigenvalue weighted by Gasteiger charge is -2.32. The van der Waals surface area contributed by atoms with Crippen LogP contribution in [0.4, 0.5) is 0 Å². The Labute approximate surface area is 111 Å². The van der Waals surface area contributed by atoms with Crippen LogP contribution in [-0.4, -0.2) is 35.1 Å². The van der Waals surface area contributed by atoms with Gasteiger partial charge < -0.3 is 14.8 Å². The number of piperidine rings is 1. The van der Waals surface area contributed by atoms with E-state index in [0.29, 0.717) is 6.04 Å². The van der Waals surface area contributed by atoms with Crippen LogP contribution >= 0.6 is 0 Å². The molecule has 3 heteroatoms. The van der Waals surface area contributed by atoms with Crippen molar-refractivity contribution < 1.29 is 0 Å². The van der Waals surface area contributed by atoms with Crippen molar-refractivity contribution in [2.45, 2.75) is 52.2 Å². The number of nitrogens with zero attached hydrogens (tertiary/aromatic N) is 2. The van der Waals surface area contributed by atoms with Crippen LogP contribution in [0.3, 0.4) is 0 Å². The van der Waals surface area contributed by atoms with Crippen molar-refractivity contribution in [2.75, 3.05) is 19.6 Å². The Hall–Kier alpha value is -0.800. The number of aryl methyl sites for hydroxylation is 1. The van der Waals surface area contributed by atoms with Crippen molar-refractivity contribution in [2.24, 2.45) is 0 Å². The van der Waals surface area contributed by atoms with Gasteiger partial charge in [0.1, 0.15) is 0 Å². The molecule has 1 unspecified atom stereocenters. The summed E-state index contributed by atoms with van der Waals surface area (Å²) in [6.45, 7) is 10.3. The zero-order chi connectivity index (χ0) is 12.8. The minimum absolute atomic E-state index is 0.670. The predicted molar refractivity (Wildman–Crippen MR) is 76.7 cm³/mol. The van der Waals surface area contributed by atoms with Crippen LogP contribution < -0.4 is 5.32 Å². The Kier molecular flexibility index (Phi) is 5.26. The highest BCUT2D eigenvalue weighted by atomic mass is 15.2. The maximum absolute atomic E-state index is 3.72. The van der Waals surface area contributed by atoms with E-state index in [1.165, 1.54) is 44.6 Å². The summed E-state index contributed by atoms with van der Waals surface area (Å²) in [4.78, 5) is 2.55. The lowest BCUT2D eigenvalue weighted by atomic mass is 10.1. The molecule has 102 valence electrons. The SMILES string of the molecule is CCCn1cccc1CNC1CCCN(CC)C1. The number of rotatable bonds is 6. The number of likely N-dealkylation sites (tertiary alicyclic amines) is 1. The third-order valence-corrected chi connectivity index (χ3v) is 3.91. The summed E-state index contributed by atoms with van der Waals surface area (Å²) in [5, 5.41) is 3.72. The minimum Gasteiger partial charge on any atom is -0.350 e. The lowest BCUT2D eigenvalue weighted by molar-refractivity contribution is 0.198. The van der Waals surface area contributed by atoms with Gasteiger partial charge in [0.15, 0.2) is 0 Å². The average Bonchev–Trinajstić information content (AvgIpc) is 2.85. The van der Waals surface area contributed by atoms with E-state index in [0.717, 1.165) is 13.1 Å². The highest BCUT2D eigenvalue weighted by Crippen LogP contribution is 2.11. The van der Waals surface area contributed by atoms with Gasteiger partial charge in [0.25, 0.3) is 0 Å². The molecule has 1 aliphatic heterocycles. The molecule has 0 radical (unpaired) electrons. The van der Waals surface area contributed by atoms with Crippen LogP contribution in [0.15, 0.2) is 18.3 Å². The molecule has 3 nitrogen and oxygen atoms in total. The van der Waals surface area contributed by atoms with Gasteiger partial charge in [0.05, 0.1) is 0 Å². The van der Waals surface area contributed by atoms with Crippen LogP contribution in [0, 0.1) is 0 Å². The van der Waals surface area contributed by atoms with Crippen LogP contribution in [0.25, 0.3) is 0 Å². The van der Waals surface area contributed by atoms with E-state index in [9.17, 15) is 0 Å². The van der Waals surface area contributed by atoms with E-state index in [-0.39, 0.29) is 0 Å². The van der Waals surface area contributed by atoms with Gasteiger partial charge in [-0.15, -0.1) is 0 Å². The highest BCUT2D eigenvalue weighted by molar-refractivity contribution is 5.07. The van der Waals surface area contributed by atoms with Crippen molar-refractivity contribution in [3.05, 3.63) is 24.0 Å². The summed E-state index contributed by atoms with van der Waals surface area (Å²) < 4.78 is 2.37. The number of aromatic nitrogens is 1. The minimum atomic E-state index is 0.670. The first-order chi connectivity index (χ1) is 8.83. The summed E-state index contributed by atoms with van der Waals surface area (Å²) in [6.07, 6.45) is 6.06. The van der Waals surface area contributed by atoms with Gasteiger partial charge in [-0.3, -0.25) is 0 Å². The van der Waals surface area contributed by atoms with Crippen LogP contribution in [0.2, 0.25) is 0 Å². The first-order valence-electron chi connectivity index (χ1n) is 7.43. The zero-order valence-corrected chi connectivity index (χ0v) is 11.9. The Morgan fingerprint density at radius 2 is 2.28 bits per heavy atom. The fourth-order valence-electron chi connectivity index (χ4n) is 2.83. The van der Waals surface area contributed by atoms with Gasteiger partial charge in [0, 0.05) is 37.6 Å². The molecule has 1 aromatic heterocycles. The molecule has 0 bridgehead atoms. The molecule has 0 spiro atoms. The number of hydrogen-bond donors (Lipinski definition) is 1. The van der Waals surface area contributed by atoms with Crippen molar-refractivity contribution in [3.63, 3.8) is 0 Å². The van der Waals surface area contributed by atoms with Gasteiger partial charge >= 0.3 is 0 Å². The summed E-state index contributed by atoms with van der Waals surface area (Å²) in [7, 11) is 0. The molecule has 1 N–H and O–H groups in total. The number of likely N-dealkylation sites (N-methyl/N-ethyl adjacent to an activating group) is 1. The van der Waals surface area contributed by atoms with E-state index >= 15 is 0 Å². The number of nitrogens with one attached hydrogen (secondary N) is 1. The van der Waals surface area contributed by atoms with E-state index in [4.69, 9.17) is 0 Å². The molecule has 2 rings (SSSR count). The second kappa shape index (κ2) is 6.95. The van der Waals surface area contributed by atoms with Gasteiger partial charge in [0.2, 0.25) is 0 Å². The first-order valence-corrected chi connectivity index (χ1v) is 7.43. The maximum atomic E-state index is 3.72. The highest BCUT2D eigenvalue weighted by Gasteiger charge is 2.18. The quantitative estimate of drug-likeness (QED) is 0.836. The van der Waals surface area contributed by atoms with Crippen LogP contribution in [0.1, 0.15) is 38.8 Å².